The average molecular weight is 190 g/mol. The summed E-state index contributed by atoms with van der Waals surface area (Å²) in [6.45, 7) is 0.389. The minimum Gasteiger partial charge on any atom is -0.508 e. The van der Waals surface area contributed by atoms with E-state index in [1.54, 1.807) is 30.5 Å². The largest absolute Gasteiger partial charge is 0.508 e. The molecule has 14 heavy (non-hydrogen) atoms. The van der Waals surface area contributed by atoms with Gasteiger partial charge >= 0.3 is 0 Å². The smallest absolute Gasteiger partial charge is 0.171 e. The number of nitrogens with zero attached hydrogens (tertiary/aromatic N) is 1. The van der Waals surface area contributed by atoms with Gasteiger partial charge in [-0.1, -0.05) is 5.16 Å². The first-order valence-electron chi connectivity index (χ1n) is 4.24. The number of phenolic OH excluding ortho intramolecular Hbond substituents is 1. The second-order valence-corrected chi connectivity index (χ2v) is 2.93. The molecule has 1 heterocycles. The third-order valence-electron chi connectivity index (χ3n) is 1.99. The summed E-state index contributed by atoms with van der Waals surface area (Å²) in [5, 5.41) is 12.8. The molecule has 2 aromatic rings. The number of phenols is 1. The van der Waals surface area contributed by atoms with Crippen LogP contribution in [0, 0.1) is 0 Å². The Hall–Kier alpha value is -1.81. The highest BCUT2D eigenvalue weighted by Crippen LogP contribution is 2.24. The van der Waals surface area contributed by atoms with E-state index in [-0.39, 0.29) is 5.75 Å². The Morgan fingerprint density at radius 2 is 2.00 bits per heavy atom. The molecule has 4 nitrogen and oxygen atoms in total. The van der Waals surface area contributed by atoms with Crippen LogP contribution in [0.15, 0.2) is 35.0 Å². The lowest BCUT2D eigenvalue weighted by atomic mass is 10.1. The van der Waals surface area contributed by atoms with E-state index >= 15 is 0 Å². The van der Waals surface area contributed by atoms with Crippen LogP contribution >= 0.6 is 0 Å². The van der Waals surface area contributed by atoms with E-state index < -0.39 is 0 Å². The van der Waals surface area contributed by atoms with E-state index in [0.717, 1.165) is 11.1 Å². The van der Waals surface area contributed by atoms with Crippen molar-refractivity contribution in [1.29, 1.82) is 0 Å². The molecule has 72 valence electrons. The van der Waals surface area contributed by atoms with Crippen LogP contribution in [-0.4, -0.2) is 10.3 Å². The van der Waals surface area contributed by atoms with Gasteiger partial charge in [0.2, 0.25) is 0 Å². The molecule has 0 atom stereocenters. The third-order valence-corrected chi connectivity index (χ3v) is 1.99. The van der Waals surface area contributed by atoms with Crippen molar-refractivity contribution in [3.05, 3.63) is 36.0 Å². The fourth-order valence-electron chi connectivity index (χ4n) is 1.26. The van der Waals surface area contributed by atoms with Crippen LogP contribution in [0.4, 0.5) is 0 Å². The molecule has 0 saturated carbocycles. The summed E-state index contributed by atoms with van der Waals surface area (Å²) in [5.74, 6) is 0.884. The molecule has 1 aromatic heterocycles. The van der Waals surface area contributed by atoms with Gasteiger partial charge in [-0.15, -0.1) is 0 Å². The first-order chi connectivity index (χ1) is 6.81. The highest BCUT2D eigenvalue weighted by Gasteiger charge is 2.08. The maximum Gasteiger partial charge on any atom is 0.171 e. The first-order valence-corrected chi connectivity index (χ1v) is 4.24. The van der Waals surface area contributed by atoms with Gasteiger partial charge in [0.05, 0.1) is 6.20 Å². The van der Waals surface area contributed by atoms with Gasteiger partial charge in [-0.2, -0.15) is 0 Å². The number of hydrogen-bond acceptors (Lipinski definition) is 4. The Morgan fingerprint density at radius 3 is 2.64 bits per heavy atom. The van der Waals surface area contributed by atoms with Crippen molar-refractivity contribution in [3.8, 4) is 17.1 Å². The highest BCUT2D eigenvalue weighted by molar-refractivity contribution is 5.61. The summed E-state index contributed by atoms with van der Waals surface area (Å²) in [5.41, 5.74) is 7.23. The highest BCUT2D eigenvalue weighted by atomic mass is 16.5. The lowest BCUT2D eigenvalue weighted by Gasteiger charge is -1.98. The normalized spacial score (nSPS) is 10.4. The summed E-state index contributed by atoms with van der Waals surface area (Å²) < 4.78 is 5.07. The second kappa shape index (κ2) is 3.51. The van der Waals surface area contributed by atoms with Gasteiger partial charge in [0, 0.05) is 17.7 Å². The topological polar surface area (TPSA) is 72.3 Å². The predicted octanol–water partition coefficient (Wildman–Crippen LogP) is 1.51. The monoisotopic (exact) mass is 190 g/mol. The zero-order valence-corrected chi connectivity index (χ0v) is 7.47. The van der Waals surface area contributed by atoms with Crippen LogP contribution in [0.2, 0.25) is 0 Å². The summed E-state index contributed by atoms with van der Waals surface area (Å²) >= 11 is 0. The zero-order chi connectivity index (χ0) is 9.97. The van der Waals surface area contributed by atoms with Crippen LogP contribution in [0.3, 0.4) is 0 Å². The van der Waals surface area contributed by atoms with Crippen molar-refractivity contribution in [2.45, 2.75) is 6.54 Å². The number of rotatable bonds is 2. The average Bonchev–Trinajstić information content (AvgIpc) is 2.67. The lowest BCUT2D eigenvalue weighted by Crippen LogP contribution is -1.95. The van der Waals surface area contributed by atoms with Crippen LogP contribution in [0.1, 0.15) is 5.56 Å². The maximum absolute atomic E-state index is 9.11. The zero-order valence-electron chi connectivity index (χ0n) is 7.47. The molecule has 4 heteroatoms. The molecular formula is C10H10N2O2. The standard InChI is InChI=1S/C10H10N2O2/c11-5-8-6-12-14-10(8)7-1-3-9(13)4-2-7/h1-4,6,13H,5,11H2. The Balaban J connectivity index is 2.44. The first kappa shape index (κ1) is 8.77. The molecule has 0 fully saturated rings. The Labute approximate surface area is 81.0 Å². The summed E-state index contributed by atoms with van der Waals surface area (Å²) in [7, 11) is 0. The molecule has 0 aliphatic carbocycles. The lowest BCUT2D eigenvalue weighted by molar-refractivity contribution is 0.431. The quantitative estimate of drug-likeness (QED) is 0.752. The van der Waals surface area contributed by atoms with Crippen LogP contribution in [0.25, 0.3) is 11.3 Å². The van der Waals surface area contributed by atoms with E-state index in [1.165, 1.54) is 0 Å². The Bertz CT molecular complexity index is 420. The van der Waals surface area contributed by atoms with Gasteiger partial charge < -0.3 is 15.4 Å². The summed E-state index contributed by atoms with van der Waals surface area (Å²) in [6.07, 6.45) is 1.60. The number of aromatic hydroxyl groups is 1. The molecule has 0 unspecified atom stereocenters. The Morgan fingerprint density at radius 1 is 1.29 bits per heavy atom. The van der Waals surface area contributed by atoms with Gasteiger partial charge in [0.15, 0.2) is 5.76 Å². The van der Waals surface area contributed by atoms with E-state index in [1.807, 2.05) is 0 Å². The third kappa shape index (κ3) is 1.47. The van der Waals surface area contributed by atoms with E-state index in [2.05, 4.69) is 5.16 Å². The molecule has 2 rings (SSSR count). The van der Waals surface area contributed by atoms with Gasteiger partial charge in [-0.25, -0.2) is 0 Å². The van der Waals surface area contributed by atoms with Gasteiger partial charge in [-0.05, 0) is 24.3 Å². The molecule has 0 amide bonds. The number of benzene rings is 1. The molecule has 0 aliphatic rings. The minimum atomic E-state index is 0.225. The number of aromatic nitrogens is 1. The van der Waals surface area contributed by atoms with E-state index in [0.29, 0.717) is 12.3 Å². The molecule has 0 bridgehead atoms. The van der Waals surface area contributed by atoms with E-state index in [4.69, 9.17) is 15.4 Å². The number of hydrogen-bond donors (Lipinski definition) is 2. The van der Waals surface area contributed by atoms with Crippen LogP contribution < -0.4 is 5.73 Å². The fraction of sp³-hybridized carbons (Fsp3) is 0.100. The molecule has 1 aromatic carbocycles. The van der Waals surface area contributed by atoms with Crippen molar-refractivity contribution in [2.24, 2.45) is 5.73 Å². The van der Waals surface area contributed by atoms with Crippen molar-refractivity contribution >= 4 is 0 Å². The minimum absolute atomic E-state index is 0.225. The molecule has 0 aliphatic heterocycles. The van der Waals surface area contributed by atoms with Crippen molar-refractivity contribution in [3.63, 3.8) is 0 Å². The Kier molecular flexibility index (Phi) is 2.20. The van der Waals surface area contributed by atoms with Crippen molar-refractivity contribution < 1.29 is 9.63 Å². The predicted molar refractivity (Wildman–Crippen MR) is 51.5 cm³/mol. The molecule has 0 saturated heterocycles. The van der Waals surface area contributed by atoms with Gasteiger partial charge in [-0.3, -0.25) is 0 Å². The molecular weight excluding hydrogens is 180 g/mol. The molecule has 0 spiro atoms. The van der Waals surface area contributed by atoms with Gasteiger partial charge in [0.1, 0.15) is 5.75 Å². The molecule has 3 N–H and O–H groups in total. The van der Waals surface area contributed by atoms with E-state index in [9.17, 15) is 0 Å². The van der Waals surface area contributed by atoms with Crippen molar-refractivity contribution in [2.75, 3.05) is 0 Å². The second-order valence-electron chi connectivity index (χ2n) is 2.93. The van der Waals surface area contributed by atoms with Crippen LogP contribution in [-0.2, 0) is 6.54 Å². The van der Waals surface area contributed by atoms with Crippen LogP contribution in [0.5, 0.6) is 5.75 Å². The summed E-state index contributed by atoms with van der Waals surface area (Å²) in [6, 6.07) is 6.71. The maximum atomic E-state index is 9.11. The van der Waals surface area contributed by atoms with Gasteiger partial charge in [0.25, 0.3) is 0 Å². The number of nitrogens with two attached hydrogens (primary N) is 1. The SMILES string of the molecule is NCc1cnoc1-c1ccc(O)cc1. The fourth-order valence-corrected chi connectivity index (χ4v) is 1.26. The molecule has 0 radical (unpaired) electrons. The van der Waals surface area contributed by atoms with Crippen molar-refractivity contribution in [1.82, 2.24) is 5.16 Å². The summed E-state index contributed by atoms with van der Waals surface area (Å²) in [4.78, 5) is 0.